The molecule has 23 heavy (non-hydrogen) atoms. The summed E-state index contributed by atoms with van der Waals surface area (Å²) in [4.78, 5) is 9.80. The molecule has 2 aromatic rings. The zero-order valence-electron chi connectivity index (χ0n) is 12.3. The summed E-state index contributed by atoms with van der Waals surface area (Å²) >= 11 is 0. The molecule has 0 fully saturated rings. The highest BCUT2D eigenvalue weighted by molar-refractivity contribution is 7.89. The van der Waals surface area contributed by atoms with Gasteiger partial charge in [-0.3, -0.25) is 10.1 Å². The minimum absolute atomic E-state index is 0.122. The van der Waals surface area contributed by atoms with Gasteiger partial charge in [-0.15, -0.1) is 0 Å². The molecule has 0 spiro atoms. The lowest BCUT2D eigenvalue weighted by Crippen LogP contribution is -2.42. The first-order chi connectivity index (χ1) is 10.7. The van der Waals surface area contributed by atoms with Crippen LogP contribution in [0.4, 0.5) is 5.69 Å². The molecule has 2 rings (SSSR count). The number of benzene rings is 1. The second-order valence-corrected chi connectivity index (χ2v) is 7.10. The average Bonchev–Trinajstić information content (AvgIpc) is 2.98. The summed E-state index contributed by atoms with van der Waals surface area (Å²) in [5.74, 6) is 0.518. The minimum atomic E-state index is -3.97. The number of nitrogens with zero attached hydrogens (tertiary/aromatic N) is 1. The normalized spacial score (nSPS) is 14.3. The van der Waals surface area contributed by atoms with Crippen molar-refractivity contribution in [2.24, 2.45) is 0 Å². The molecule has 124 valence electrons. The van der Waals surface area contributed by atoms with E-state index in [0.717, 1.165) is 6.07 Å². The number of hydrogen-bond acceptors (Lipinski definition) is 6. The molecular weight excluding hydrogens is 324 g/mol. The van der Waals surface area contributed by atoms with E-state index in [0.29, 0.717) is 5.76 Å². The molecule has 0 aliphatic heterocycles. The topological polar surface area (TPSA) is 123 Å². The molecule has 0 radical (unpaired) electrons. The van der Waals surface area contributed by atoms with Crippen molar-refractivity contribution in [3.8, 4) is 0 Å². The first-order valence-corrected chi connectivity index (χ1v) is 8.17. The second-order valence-electron chi connectivity index (χ2n) is 5.33. The molecule has 2 N–H and O–H groups in total. The van der Waals surface area contributed by atoms with Gasteiger partial charge < -0.3 is 9.52 Å². The van der Waals surface area contributed by atoms with E-state index >= 15 is 0 Å². The lowest BCUT2D eigenvalue weighted by atomic mass is 10.0. The zero-order valence-corrected chi connectivity index (χ0v) is 13.1. The monoisotopic (exact) mass is 340 g/mol. The molecule has 0 saturated heterocycles. The zero-order chi connectivity index (χ0) is 17.1. The molecule has 1 atom stereocenters. The van der Waals surface area contributed by atoms with Gasteiger partial charge >= 0.3 is 0 Å². The summed E-state index contributed by atoms with van der Waals surface area (Å²) in [6, 6.07) is 8.03. The lowest BCUT2D eigenvalue weighted by Gasteiger charge is -2.22. The van der Waals surface area contributed by atoms with Gasteiger partial charge in [-0.2, -0.15) is 0 Å². The molecule has 9 heteroatoms. The van der Waals surface area contributed by atoms with Gasteiger partial charge in [0.15, 0.2) is 0 Å². The predicted octanol–water partition coefficient (Wildman–Crippen LogP) is 1.46. The van der Waals surface area contributed by atoms with Gasteiger partial charge in [0.05, 0.1) is 21.7 Å². The Morgan fingerprint density at radius 1 is 1.35 bits per heavy atom. The van der Waals surface area contributed by atoms with Crippen LogP contribution in [-0.2, 0) is 16.4 Å². The third-order valence-corrected chi connectivity index (χ3v) is 4.52. The van der Waals surface area contributed by atoms with Crippen LogP contribution in [0.1, 0.15) is 12.7 Å². The maximum atomic E-state index is 12.2. The van der Waals surface area contributed by atoms with E-state index in [1.54, 1.807) is 12.1 Å². The molecule has 1 aromatic heterocycles. The van der Waals surface area contributed by atoms with E-state index in [2.05, 4.69) is 4.72 Å². The van der Waals surface area contributed by atoms with Crippen LogP contribution < -0.4 is 4.72 Å². The molecule has 1 aromatic carbocycles. The van der Waals surface area contributed by atoms with Gasteiger partial charge in [0.25, 0.3) is 5.69 Å². The van der Waals surface area contributed by atoms with E-state index in [9.17, 15) is 23.6 Å². The molecule has 0 aliphatic rings. The van der Waals surface area contributed by atoms with Crippen LogP contribution in [0.5, 0.6) is 0 Å². The molecule has 0 aliphatic carbocycles. The number of nitrogens with one attached hydrogen (secondary N) is 1. The Morgan fingerprint density at radius 3 is 2.70 bits per heavy atom. The second kappa shape index (κ2) is 6.49. The Morgan fingerprint density at radius 2 is 2.09 bits per heavy atom. The minimum Gasteiger partial charge on any atom is -0.469 e. The van der Waals surface area contributed by atoms with Crippen molar-refractivity contribution in [1.82, 2.24) is 4.72 Å². The van der Waals surface area contributed by atoms with E-state index < -0.39 is 20.5 Å². The van der Waals surface area contributed by atoms with E-state index in [4.69, 9.17) is 4.42 Å². The Balaban J connectivity index is 2.09. The Hall–Kier alpha value is -2.23. The van der Waals surface area contributed by atoms with E-state index in [1.165, 1.54) is 31.4 Å². The number of nitro groups is 1. The number of rotatable bonds is 7. The highest BCUT2D eigenvalue weighted by Crippen LogP contribution is 2.18. The number of furan rings is 1. The van der Waals surface area contributed by atoms with Gasteiger partial charge in [-0.1, -0.05) is 6.07 Å². The number of nitro benzene ring substituents is 1. The van der Waals surface area contributed by atoms with Crippen LogP contribution in [0.25, 0.3) is 0 Å². The van der Waals surface area contributed by atoms with Gasteiger partial charge in [0.2, 0.25) is 10.0 Å². The van der Waals surface area contributed by atoms with Crippen molar-refractivity contribution in [3.63, 3.8) is 0 Å². The molecule has 0 saturated carbocycles. The van der Waals surface area contributed by atoms with Gasteiger partial charge in [0, 0.05) is 25.1 Å². The SMILES string of the molecule is CC(O)(CNS(=O)(=O)c1cccc([N+](=O)[O-])c1)Cc1ccco1. The van der Waals surface area contributed by atoms with Crippen LogP contribution in [0.2, 0.25) is 0 Å². The van der Waals surface area contributed by atoms with Crippen LogP contribution in [0.3, 0.4) is 0 Å². The fourth-order valence-electron chi connectivity index (χ4n) is 1.95. The predicted molar refractivity (Wildman–Crippen MR) is 81.3 cm³/mol. The molecule has 0 bridgehead atoms. The van der Waals surface area contributed by atoms with E-state index in [-0.39, 0.29) is 23.5 Å². The summed E-state index contributed by atoms with van der Waals surface area (Å²) in [5, 5.41) is 21.0. The summed E-state index contributed by atoms with van der Waals surface area (Å²) in [6.07, 6.45) is 1.58. The smallest absolute Gasteiger partial charge is 0.270 e. The number of sulfonamides is 1. The van der Waals surface area contributed by atoms with Crippen molar-refractivity contribution in [2.45, 2.75) is 23.8 Å². The molecule has 1 unspecified atom stereocenters. The molecule has 8 nitrogen and oxygen atoms in total. The highest BCUT2D eigenvalue weighted by atomic mass is 32.2. The summed E-state index contributed by atoms with van der Waals surface area (Å²) in [5.41, 5.74) is -1.69. The van der Waals surface area contributed by atoms with Crippen LogP contribution >= 0.6 is 0 Å². The summed E-state index contributed by atoms with van der Waals surface area (Å²) in [7, 11) is -3.97. The van der Waals surface area contributed by atoms with Crippen LogP contribution in [-0.4, -0.2) is 30.6 Å². The maximum Gasteiger partial charge on any atom is 0.270 e. The summed E-state index contributed by atoms with van der Waals surface area (Å²) in [6.45, 7) is 1.20. The molecule has 1 heterocycles. The Kier molecular flexibility index (Phi) is 4.83. The average molecular weight is 340 g/mol. The molecular formula is C14H16N2O6S. The first-order valence-electron chi connectivity index (χ1n) is 6.68. The van der Waals surface area contributed by atoms with Crippen molar-refractivity contribution >= 4 is 15.7 Å². The fraction of sp³-hybridized carbons (Fsp3) is 0.286. The number of non-ortho nitro benzene ring substituents is 1. The largest absolute Gasteiger partial charge is 0.469 e. The van der Waals surface area contributed by atoms with Crippen LogP contribution in [0, 0.1) is 10.1 Å². The van der Waals surface area contributed by atoms with Gasteiger partial charge in [0.1, 0.15) is 5.76 Å². The fourth-order valence-corrected chi connectivity index (χ4v) is 3.15. The summed E-state index contributed by atoms with van der Waals surface area (Å²) < 4.78 is 31.7. The standard InChI is InChI=1S/C14H16N2O6S/c1-14(17,9-12-5-3-7-22-12)10-15-23(20,21)13-6-2-4-11(8-13)16(18)19/h2-8,15,17H,9-10H2,1H3. The molecule has 0 amide bonds. The van der Waals surface area contributed by atoms with Crippen molar-refractivity contribution < 1.29 is 22.9 Å². The number of aliphatic hydroxyl groups is 1. The Labute approximate surface area is 133 Å². The van der Waals surface area contributed by atoms with Crippen molar-refractivity contribution in [2.75, 3.05) is 6.54 Å². The van der Waals surface area contributed by atoms with Crippen molar-refractivity contribution in [1.29, 1.82) is 0 Å². The Bertz CT molecular complexity index is 783. The third kappa shape index (κ3) is 4.62. The maximum absolute atomic E-state index is 12.2. The highest BCUT2D eigenvalue weighted by Gasteiger charge is 2.26. The van der Waals surface area contributed by atoms with Crippen LogP contribution in [0.15, 0.2) is 52.0 Å². The third-order valence-electron chi connectivity index (χ3n) is 3.12. The van der Waals surface area contributed by atoms with Gasteiger partial charge in [-0.05, 0) is 25.1 Å². The lowest BCUT2D eigenvalue weighted by molar-refractivity contribution is -0.385. The number of hydrogen-bond donors (Lipinski definition) is 2. The van der Waals surface area contributed by atoms with E-state index in [1.807, 2.05) is 0 Å². The van der Waals surface area contributed by atoms with Gasteiger partial charge in [-0.25, -0.2) is 13.1 Å². The quantitative estimate of drug-likeness (QED) is 0.581. The first kappa shape index (κ1) is 17.1. The van der Waals surface area contributed by atoms with Crippen molar-refractivity contribution in [3.05, 3.63) is 58.5 Å².